The van der Waals surface area contributed by atoms with Gasteiger partial charge in [0.2, 0.25) is 0 Å². The number of nitrogens with zero attached hydrogens (tertiary/aromatic N) is 1. The Bertz CT molecular complexity index is 506. The monoisotopic (exact) mass is 260 g/mol. The first-order chi connectivity index (χ1) is 7.87. The summed E-state index contributed by atoms with van der Waals surface area (Å²) in [7, 11) is -3.08. The molecule has 1 amide bonds. The second-order valence-electron chi connectivity index (χ2n) is 3.60. The first kappa shape index (κ1) is 13.5. The molecule has 17 heavy (non-hydrogen) atoms. The molecule has 0 bridgehead atoms. The predicted molar refractivity (Wildman–Crippen MR) is 64.4 cm³/mol. The molecule has 8 heteroatoms. The summed E-state index contributed by atoms with van der Waals surface area (Å²) >= 11 is 0. The van der Waals surface area contributed by atoms with E-state index in [1.807, 2.05) is 0 Å². The molecular formula is C9H16N4O3S. The van der Waals surface area contributed by atoms with Crippen molar-refractivity contribution in [2.24, 2.45) is 0 Å². The van der Waals surface area contributed by atoms with Crippen LogP contribution < -0.4 is 11.1 Å². The fourth-order valence-electron chi connectivity index (χ4n) is 1.16. The van der Waals surface area contributed by atoms with E-state index in [0.29, 0.717) is 5.69 Å². The van der Waals surface area contributed by atoms with Crippen LogP contribution in [0, 0.1) is 6.92 Å². The fraction of sp³-hybridized carbons (Fsp3) is 0.556. The minimum Gasteiger partial charge on any atom is -0.395 e. The third-order valence-corrected chi connectivity index (χ3v) is 4.05. The lowest BCUT2D eigenvalue weighted by molar-refractivity contribution is 0.0952. The zero-order chi connectivity index (χ0) is 13.1. The number of nitrogens with one attached hydrogen (secondary N) is 2. The van der Waals surface area contributed by atoms with Crippen LogP contribution in [0.4, 0.5) is 5.69 Å². The van der Waals surface area contributed by atoms with Gasteiger partial charge >= 0.3 is 0 Å². The normalized spacial score (nSPS) is 11.4. The van der Waals surface area contributed by atoms with E-state index in [2.05, 4.69) is 15.5 Å². The van der Waals surface area contributed by atoms with Crippen molar-refractivity contribution in [2.45, 2.75) is 13.8 Å². The number of rotatable bonds is 5. The number of H-pyrrole nitrogens is 1. The van der Waals surface area contributed by atoms with Crippen molar-refractivity contribution in [1.82, 2.24) is 15.5 Å². The van der Waals surface area contributed by atoms with Gasteiger partial charge in [-0.05, 0) is 6.92 Å². The second-order valence-corrected chi connectivity index (χ2v) is 6.08. The minimum absolute atomic E-state index is 0.0559. The maximum Gasteiger partial charge on any atom is 0.273 e. The summed E-state index contributed by atoms with van der Waals surface area (Å²) in [6, 6.07) is 0. The highest BCUT2D eigenvalue weighted by molar-refractivity contribution is 7.91. The molecular weight excluding hydrogens is 244 g/mol. The Morgan fingerprint density at radius 3 is 2.65 bits per heavy atom. The van der Waals surface area contributed by atoms with Crippen LogP contribution in [0.1, 0.15) is 23.1 Å². The standard InChI is InChI=1S/C9H16N4O3S/c1-3-17(15,16)5-4-11-9(14)8-7(10)6(2)12-13-8/h3-5,10H2,1-2H3,(H,11,14)(H,12,13). The fourth-order valence-corrected chi connectivity index (χ4v) is 1.86. The molecule has 96 valence electrons. The Morgan fingerprint density at radius 1 is 1.53 bits per heavy atom. The first-order valence-electron chi connectivity index (χ1n) is 5.16. The highest BCUT2D eigenvalue weighted by atomic mass is 32.2. The van der Waals surface area contributed by atoms with Gasteiger partial charge in [0, 0.05) is 12.3 Å². The number of sulfone groups is 1. The van der Waals surface area contributed by atoms with Crippen LogP contribution in [0.5, 0.6) is 0 Å². The van der Waals surface area contributed by atoms with Gasteiger partial charge in [0.25, 0.3) is 5.91 Å². The van der Waals surface area contributed by atoms with Crippen LogP contribution in [0.25, 0.3) is 0 Å². The first-order valence-corrected chi connectivity index (χ1v) is 6.98. The van der Waals surface area contributed by atoms with Gasteiger partial charge in [0.15, 0.2) is 15.5 Å². The number of anilines is 1. The molecule has 7 nitrogen and oxygen atoms in total. The van der Waals surface area contributed by atoms with Gasteiger partial charge in [0.1, 0.15) is 0 Å². The Balaban J connectivity index is 2.54. The number of amides is 1. The number of hydrogen-bond acceptors (Lipinski definition) is 5. The largest absolute Gasteiger partial charge is 0.395 e. The summed E-state index contributed by atoms with van der Waals surface area (Å²) in [6.45, 7) is 3.31. The summed E-state index contributed by atoms with van der Waals surface area (Å²) in [5.41, 5.74) is 6.59. The van der Waals surface area contributed by atoms with E-state index in [1.54, 1.807) is 13.8 Å². The Kier molecular flexibility index (Phi) is 4.11. The van der Waals surface area contributed by atoms with Gasteiger partial charge in [-0.3, -0.25) is 9.89 Å². The number of carbonyl (C=O) groups is 1. The number of carbonyl (C=O) groups excluding carboxylic acids is 1. The van der Waals surface area contributed by atoms with Gasteiger partial charge in [-0.15, -0.1) is 0 Å². The third-order valence-electron chi connectivity index (χ3n) is 2.35. The average Bonchev–Trinajstić information content (AvgIpc) is 2.59. The van der Waals surface area contributed by atoms with Crippen LogP contribution in [0.15, 0.2) is 0 Å². The molecule has 0 spiro atoms. The van der Waals surface area contributed by atoms with E-state index < -0.39 is 15.7 Å². The molecule has 4 N–H and O–H groups in total. The summed E-state index contributed by atoms with van der Waals surface area (Å²) in [4.78, 5) is 11.6. The maximum atomic E-state index is 11.6. The van der Waals surface area contributed by atoms with Gasteiger partial charge in [-0.2, -0.15) is 5.10 Å². The lowest BCUT2D eigenvalue weighted by Gasteiger charge is -2.03. The molecule has 0 fully saturated rings. The lowest BCUT2D eigenvalue weighted by atomic mass is 10.3. The quantitative estimate of drug-likeness (QED) is 0.657. The average molecular weight is 260 g/mol. The number of hydrogen-bond donors (Lipinski definition) is 3. The summed E-state index contributed by atoms with van der Waals surface area (Å²) < 4.78 is 22.4. The number of aromatic nitrogens is 2. The predicted octanol–water partition coefficient (Wildman–Crippen LogP) is -0.535. The molecule has 0 saturated heterocycles. The van der Waals surface area contributed by atoms with E-state index in [0.717, 1.165) is 0 Å². The van der Waals surface area contributed by atoms with Crippen molar-refractivity contribution in [1.29, 1.82) is 0 Å². The maximum absolute atomic E-state index is 11.6. The third kappa shape index (κ3) is 3.45. The van der Waals surface area contributed by atoms with Crippen LogP contribution in [-0.4, -0.2) is 42.6 Å². The highest BCUT2D eigenvalue weighted by Crippen LogP contribution is 2.11. The molecule has 1 aromatic rings. The molecule has 0 aliphatic rings. The summed E-state index contributed by atoms with van der Waals surface area (Å²) in [5, 5.41) is 8.78. The van der Waals surface area contributed by atoms with Crippen molar-refractivity contribution in [3.63, 3.8) is 0 Å². The van der Waals surface area contributed by atoms with Crippen LogP contribution in [-0.2, 0) is 9.84 Å². The molecule has 0 aromatic carbocycles. The van der Waals surface area contributed by atoms with Crippen molar-refractivity contribution >= 4 is 21.4 Å². The molecule has 0 aliphatic carbocycles. The van der Waals surface area contributed by atoms with Gasteiger partial charge in [-0.25, -0.2) is 8.42 Å². The molecule has 0 unspecified atom stereocenters. The molecule has 1 heterocycles. The topological polar surface area (TPSA) is 118 Å². The van der Waals surface area contributed by atoms with Crippen molar-refractivity contribution in [3.05, 3.63) is 11.4 Å². The van der Waals surface area contributed by atoms with Crippen molar-refractivity contribution < 1.29 is 13.2 Å². The Labute approximate surface area is 99.7 Å². The summed E-state index contributed by atoms with van der Waals surface area (Å²) in [5.74, 6) is -0.497. The highest BCUT2D eigenvalue weighted by Gasteiger charge is 2.15. The molecule has 1 rings (SSSR count). The Hall–Kier alpha value is -1.57. The van der Waals surface area contributed by atoms with E-state index in [-0.39, 0.29) is 29.4 Å². The number of nitrogen functional groups attached to an aromatic ring is 1. The van der Waals surface area contributed by atoms with E-state index in [9.17, 15) is 13.2 Å². The van der Waals surface area contributed by atoms with Gasteiger partial charge < -0.3 is 11.1 Å². The number of nitrogens with two attached hydrogens (primary N) is 1. The van der Waals surface area contributed by atoms with E-state index >= 15 is 0 Å². The van der Waals surface area contributed by atoms with Crippen LogP contribution in [0.3, 0.4) is 0 Å². The second kappa shape index (κ2) is 5.17. The molecule has 0 atom stereocenters. The number of aromatic amines is 1. The zero-order valence-electron chi connectivity index (χ0n) is 9.78. The van der Waals surface area contributed by atoms with Gasteiger partial charge in [-0.1, -0.05) is 6.92 Å². The summed E-state index contributed by atoms with van der Waals surface area (Å²) in [6.07, 6.45) is 0. The van der Waals surface area contributed by atoms with Crippen molar-refractivity contribution in [2.75, 3.05) is 23.8 Å². The minimum atomic E-state index is -3.08. The van der Waals surface area contributed by atoms with Crippen molar-refractivity contribution in [3.8, 4) is 0 Å². The van der Waals surface area contributed by atoms with Crippen LogP contribution >= 0.6 is 0 Å². The molecule has 1 aromatic heterocycles. The van der Waals surface area contributed by atoms with Crippen LogP contribution in [0.2, 0.25) is 0 Å². The number of aryl methyl sites for hydroxylation is 1. The van der Waals surface area contributed by atoms with E-state index in [4.69, 9.17) is 5.73 Å². The lowest BCUT2D eigenvalue weighted by Crippen LogP contribution is -2.30. The Morgan fingerprint density at radius 2 is 2.18 bits per heavy atom. The van der Waals surface area contributed by atoms with Gasteiger partial charge in [0.05, 0.1) is 17.1 Å². The molecule has 0 radical (unpaired) electrons. The van der Waals surface area contributed by atoms with E-state index in [1.165, 1.54) is 0 Å². The molecule has 0 saturated carbocycles. The zero-order valence-corrected chi connectivity index (χ0v) is 10.6. The molecule has 0 aliphatic heterocycles. The SMILES string of the molecule is CCS(=O)(=O)CCNC(=O)c1n[nH]c(C)c1N. The smallest absolute Gasteiger partial charge is 0.273 e.